The van der Waals surface area contributed by atoms with E-state index in [-0.39, 0.29) is 0 Å². The average molecular weight is 193 g/mol. The second kappa shape index (κ2) is 2.89. The third kappa shape index (κ3) is 1.23. The molecule has 0 radical (unpaired) electrons. The van der Waals surface area contributed by atoms with Crippen LogP contribution in [-0.2, 0) is 0 Å². The molecule has 2 N–H and O–H groups in total. The first-order valence-electron chi connectivity index (χ1n) is 3.99. The molecule has 0 fully saturated rings. The van der Waals surface area contributed by atoms with Crippen LogP contribution in [0.25, 0.3) is 10.9 Å². The van der Waals surface area contributed by atoms with E-state index in [1.165, 1.54) is 0 Å². The Bertz CT molecular complexity index is 466. The fourth-order valence-corrected chi connectivity index (χ4v) is 1.51. The van der Waals surface area contributed by atoms with Gasteiger partial charge in [0, 0.05) is 11.6 Å². The molecule has 0 atom stereocenters. The minimum absolute atomic E-state index is 0.666. The van der Waals surface area contributed by atoms with E-state index in [0.29, 0.717) is 5.69 Å². The minimum Gasteiger partial charge on any atom is -0.397 e. The molecular weight excluding hydrogens is 184 g/mol. The Morgan fingerprint density at radius 3 is 2.92 bits per heavy atom. The van der Waals surface area contributed by atoms with Gasteiger partial charge >= 0.3 is 0 Å². The molecule has 1 heterocycles. The number of halogens is 1. The molecule has 0 aliphatic carbocycles. The van der Waals surface area contributed by atoms with Crippen LogP contribution in [-0.4, -0.2) is 4.98 Å². The zero-order valence-electron chi connectivity index (χ0n) is 7.21. The summed E-state index contributed by atoms with van der Waals surface area (Å²) in [5, 5.41) is 1.65. The number of hydrogen-bond acceptors (Lipinski definition) is 2. The fourth-order valence-electron chi connectivity index (χ4n) is 1.31. The summed E-state index contributed by atoms with van der Waals surface area (Å²) in [5.74, 6) is 0. The molecule has 13 heavy (non-hydrogen) atoms. The van der Waals surface area contributed by atoms with Gasteiger partial charge in [-0.15, -0.1) is 0 Å². The quantitative estimate of drug-likeness (QED) is 0.652. The lowest BCUT2D eigenvalue weighted by molar-refractivity contribution is 1.33. The van der Waals surface area contributed by atoms with Crippen LogP contribution in [0.2, 0.25) is 5.02 Å². The Labute approximate surface area is 81.3 Å². The van der Waals surface area contributed by atoms with Gasteiger partial charge in [0.25, 0.3) is 0 Å². The molecule has 0 spiro atoms. The Balaban J connectivity index is 2.94. The van der Waals surface area contributed by atoms with Gasteiger partial charge in [0.05, 0.1) is 16.2 Å². The summed E-state index contributed by atoms with van der Waals surface area (Å²) < 4.78 is 0. The van der Waals surface area contributed by atoms with Crippen molar-refractivity contribution in [3.63, 3.8) is 0 Å². The van der Waals surface area contributed by atoms with Crippen molar-refractivity contribution in [2.75, 3.05) is 5.73 Å². The van der Waals surface area contributed by atoms with Gasteiger partial charge in [0.15, 0.2) is 0 Å². The monoisotopic (exact) mass is 192 g/mol. The van der Waals surface area contributed by atoms with Crippen molar-refractivity contribution in [1.82, 2.24) is 4.98 Å². The van der Waals surface area contributed by atoms with Crippen LogP contribution in [0.15, 0.2) is 24.4 Å². The molecule has 0 bridgehead atoms. The first-order valence-corrected chi connectivity index (χ1v) is 4.37. The van der Waals surface area contributed by atoms with Crippen LogP contribution in [0.3, 0.4) is 0 Å². The van der Waals surface area contributed by atoms with Crippen LogP contribution < -0.4 is 5.73 Å². The molecule has 0 aliphatic heterocycles. The minimum atomic E-state index is 0.666. The highest BCUT2D eigenvalue weighted by Gasteiger charge is 2.04. The molecule has 0 saturated carbocycles. The van der Waals surface area contributed by atoms with E-state index in [2.05, 4.69) is 4.98 Å². The van der Waals surface area contributed by atoms with E-state index < -0.39 is 0 Å². The molecule has 3 heteroatoms. The van der Waals surface area contributed by atoms with E-state index in [4.69, 9.17) is 17.3 Å². The standard InChI is InChI=1S/C10H9ClN2/c1-6-5-13-10-7(9(6)11)3-2-4-8(10)12/h2-5H,12H2,1H3. The second-order valence-corrected chi connectivity index (χ2v) is 3.38. The number of hydrogen-bond donors (Lipinski definition) is 1. The largest absolute Gasteiger partial charge is 0.397 e. The summed E-state index contributed by atoms with van der Waals surface area (Å²) in [6.45, 7) is 1.93. The number of nitrogen functional groups attached to an aromatic ring is 1. The SMILES string of the molecule is Cc1cnc2c(N)cccc2c1Cl. The van der Waals surface area contributed by atoms with Gasteiger partial charge in [-0.2, -0.15) is 0 Å². The molecule has 0 saturated heterocycles. The van der Waals surface area contributed by atoms with Gasteiger partial charge in [-0.1, -0.05) is 23.7 Å². The molecule has 2 nitrogen and oxygen atoms in total. The number of rotatable bonds is 0. The number of aryl methyl sites for hydroxylation is 1. The molecule has 0 unspecified atom stereocenters. The number of benzene rings is 1. The molecular formula is C10H9ClN2. The molecule has 66 valence electrons. The van der Waals surface area contributed by atoms with Crippen molar-refractivity contribution in [1.29, 1.82) is 0 Å². The van der Waals surface area contributed by atoms with E-state index in [0.717, 1.165) is 21.5 Å². The highest BCUT2D eigenvalue weighted by Crippen LogP contribution is 2.27. The predicted molar refractivity (Wildman–Crippen MR) is 55.9 cm³/mol. The summed E-state index contributed by atoms with van der Waals surface area (Å²) in [4.78, 5) is 4.23. The lowest BCUT2D eigenvalue weighted by atomic mass is 10.1. The molecule has 2 aromatic rings. The first-order chi connectivity index (χ1) is 6.20. The summed E-state index contributed by atoms with van der Waals surface area (Å²) >= 11 is 6.10. The normalized spacial score (nSPS) is 10.6. The maximum Gasteiger partial charge on any atom is 0.0946 e. The topological polar surface area (TPSA) is 38.9 Å². The third-order valence-corrected chi connectivity index (χ3v) is 2.54. The van der Waals surface area contributed by atoms with E-state index >= 15 is 0 Å². The predicted octanol–water partition coefficient (Wildman–Crippen LogP) is 2.78. The van der Waals surface area contributed by atoms with Crippen LogP contribution >= 0.6 is 11.6 Å². The number of nitrogens with two attached hydrogens (primary N) is 1. The molecule has 2 rings (SSSR count). The second-order valence-electron chi connectivity index (χ2n) is 3.00. The lowest BCUT2D eigenvalue weighted by Gasteiger charge is -2.04. The molecule has 0 amide bonds. The number of aromatic nitrogens is 1. The van der Waals surface area contributed by atoms with Crippen molar-refractivity contribution in [3.05, 3.63) is 35.0 Å². The van der Waals surface area contributed by atoms with E-state index in [1.807, 2.05) is 25.1 Å². The maximum absolute atomic E-state index is 6.10. The number of anilines is 1. The van der Waals surface area contributed by atoms with Gasteiger partial charge in [-0.05, 0) is 18.6 Å². The number of fused-ring (bicyclic) bond motifs is 1. The number of pyridine rings is 1. The first kappa shape index (κ1) is 8.32. The van der Waals surface area contributed by atoms with Crippen LogP contribution in [0.1, 0.15) is 5.56 Å². The third-order valence-electron chi connectivity index (χ3n) is 2.04. The Kier molecular flexibility index (Phi) is 1.85. The Morgan fingerprint density at radius 1 is 1.38 bits per heavy atom. The van der Waals surface area contributed by atoms with E-state index in [1.54, 1.807) is 6.20 Å². The van der Waals surface area contributed by atoms with Gasteiger partial charge in [0.2, 0.25) is 0 Å². The Hall–Kier alpha value is -1.28. The van der Waals surface area contributed by atoms with Crippen LogP contribution in [0.5, 0.6) is 0 Å². The molecule has 1 aromatic carbocycles. The summed E-state index contributed by atoms with van der Waals surface area (Å²) in [5.41, 5.74) is 8.17. The van der Waals surface area contributed by atoms with Crippen molar-refractivity contribution in [3.8, 4) is 0 Å². The smallest absolute Gasteiger partial charge is 0.0946 e. The van der Waals surface area contributed by atoms with Crippen molar-refractivity contribution < 1.29 is 0 Å². The number of nitrogens with zero attached hydrogens (tertiary/aromatic N) is 1. The zero-order valence-corrected chi connectivity index (χ0v) is 7.97. The summed E-state index contributed by atoms with van der Waals surface area (Å²) in [6, 6.07) is 5.62. The van der Waals surface area contributed by atoms with Gasteiger partial charge in [0.1, 0.15) is 0 Å². The van der Waals surface area contributed by atoms with Crippen molar-refractivity contribution >= 4 is 28.2 Å². The highest BCUT2D eigenvalue weighted by atomic mass is 35.5. The van der Waals surface area contributed by atoms with Crippen LogP contribution in [0, 0.1) is 6.92 Å². The zero-order chi connectivity index (χ0) is 9.42. The van der Waals surface area contributed by atoms with E-state index in [9.17, 15) is 0 Å². The highest BCUT2D eigenvalue weighted by molar-refractivity contribution is 6.36. The van der Waals surface area contributed by atoms with Crippen molar-refractivity contribution in [2.24, 2.45) is 0 Å². The fraction of sp³-hybridized carbons (Fsp3) is 0.100. The number of para-hydroxylation sites is 1. The Morgan fingerprint density at radius 2 is 2.15 bits per heavy atom. The molecule has 1 aromatic heterocycles. The van der Waals surface area contributed by atoms with Crippen molar-refractivity contribution in [2.45, 2.75) is 6.92 Å². The van der Waals surface area contributed by atoms with Gasteiger partial charge < -0.3 is 5.73 Å². The lowest BCUT2D eigenvalue weighted by Crippen LogP contribution is -1.90. The summed E-state index contributed by atoms with van der Waals surface area (Å²) in [6.07, 6.45) is 1.74. The van der Waals surface area contributed by atoms with Gasteiger partial charge in [-0.3, -0.25) is 4.98 Å². The maximum atomic E-state index is 6.10. The average Bonchev–Trinajstić information content (AvgIpc) is 2.12. The molecule has 0 aliphatic rings. The van der Waals surface area contributed by atoms with Crippen LogP contribution in [0.4, 0.5) is 5.69 Å². The summed E-state index contributed by atoms with van der Waals surface area (Å²) in [7, 11) is 0. The van der Waals surface area contributed by atoms with Gasteiger partial charge in [-0.25, -0.2) is 0 Å².